The fourth-order valence-corrected chi connectivity index (χ4v) is 3.35. The molecular formula is C9H20ClNO3S. The number of alkyl halides is 1. The summed E-state index contributed by atoms with van der Waals surface area (Å²) in [7, 11) is -3.32. The summed E-state index contributed by atoms with van der Waals surface area (Å²) in [6.45, 7) is 5.23. The molecule has 2 N–H and O–H groups in total. The van der Waals surface area contributed by atoms with E-state index in [2.05, 4.69) is 4.72 Å². The average Bonchev–Trinajstić information content (AvgIpc) is 2.00. The highest BCUT2D eigenvalue weighted by Crippen LogP contribution is 2.11. The molecule has 1 atom stereocenters. The lowest BCUT2D eigenvalue weighted by atomic mass is 10.0. The molecule has 92 valence electrons. The summed E-state index contributed by atoms with van der Waals surface area (Å²) in [5.41, 5.74) is -0.611. The Bertz CT molecular complexity index is 277. The SMILES string of the molecule is CC(CCl)CS(=O)(=O)NC(C)(C)CCO. The number of aliphatic hydroxyl groups is 1. The first kappa shape index (κ1) is 15.2. The molecule has 0 aromatic carbocycles. The van der Waals surface area contributed by atoms with Crippen LogP contribution in [0.15, 0.2) is 0 Å². The molecular weight excluding hydrogens is 238 g/mol. The monoisotopic (exact) mass is 257 g/mol. The van der Waals surface area contributed by atoms with E-state index in [1.165, 1.54) is 0 Å². The number of hydrogen-bond acceptors (Lipinski definition) is 3. The topological polar surface area (TPSA) is 66.4 Å². The molecule has 0 amide bonds. The molecule has 0 bridgehead atoms. The van der Waals surface area contributed by atoms with E-state index in [-0.39, 0.29) is 18.3 Å². The Morgan fingerprint density at radius 2 is 2.00 bits per heavy atom. The number of halogens is 1. The van der Waals surface area contributed by atoms with Crippen LogP contribution in [0.2, 0.25) is 0 Å². The molecule has 0 rings (SSSR count). The molecule has 0 aliphatic heterocycles. The molecule has 15 heavy (non-hydrogen) atoms. The Kier molecular flexibility index (Phi) is 6.10. The molecule has 1 unspecified atom stereocenters. The summed E-state index contributed by atoms with van der Waals surface area (Å²) in [5, 5.41) is 8.77. The fraction of sp³-hybridized carbons (Fsp3) is 1.00. The van der Waals surface area contributed by atoms with Gasteiger partial charge in [0.15, 0.2) is 0 Å². The molecule has 4 nitrogen and oxygen atoms in total. The molecule has 0 radical (unpaired) electrons. The van der Waals surface area contributed by atoms with Crippen molar-refractivity contribution in [1.29, 1.82) is 0 Å². The summed E-state index contributed by atoms with van der Waals surface area (Å²) in [5.74, 6) is 0.265. The number of nitrogens with one attached hydrogen (secondary N) is 1. The first-order chi connectivity index (χ1) is 6.72. The third-order valence-corrected chi connectivity index (χ3v) is 4.33. The molecule has 0 aromatic heterocycles. The largest absolute Gasteiger partial charge is 0.396 e. The van der Waals surface area contributed by atoms with Crippen molar-refractivity contribution in [1.82, 2.24) is 4.72 Å². The van der Waals surface area contributed by atoms with Crippen LogP contribution >= 0.6 is 11.6 Å². The summed E-state index contributed by atoms with van der Waals surface area (Å²) in [4.78, 5) is 0. The van der Waals surface area contributed by atoms with Gasteiger partial charge in [-0.1, -0.05) is 6.92 Å². The van der Waals surface area contributed by atoms with Crippen LogP contribution in [-0.2, 0) is 10.0 Å². The second-order valence-corrected chi connectivity index (χ2v) is 6.58. The second-order valence-electron chi connectivity index (χ2n) is 4.50. The third kappa shape index (κ3) is 7.11. The zero-order valence-corrected chi connectivity index (χ0v) is 11.0. The van der Waals surface area contributed by atoms with Gasteiger partial charge in [0.1, 0.15) is 0 Å². The first-order valence-corrected chi connectivity index (χ1v) is 7.09. The van der Waals surface area contributed by atoms with Crippen LogP contribution < -0.4 is 4.72 Å². The smallest absolute Gasteiger partial charge is 0.212 e. The van der Waals surface area contributed by atoms with Gasteiger partial charge in [0.2, 0.25) is 10.0 Å². The highest BCUT2D eigenvalue weighted by atomic mass is 35.5. The summed E-state index contributed by atoms with van der Waals surface area (Å²) in [6, 6.07) is 0. The van der Waals surface area contributed by atoms with E-state index in [0.717, 1.165) is 0 Å². The van der Waals surface area contributed by atoms with Crippen molar-refractivity contribution < 1.29 is 13.5 Å². The molecule has 6 heteroatoms. The summed E-state index contributed by atoms with van der Waals surface area (Å²) < 4.78 is 25.8. The highest BCUT2D eigenvalue weighted by molar-refractivity contribution is 7.89. The highest BCUT2D eigenvalue weighted by Gasteiger charge is 2.25. The molecule has 0 heterocycles. The molecule has 0 aromatic rings. The predicted octanol–water partition coefficient (Wildman–Crippen LogP) is 0.942. The van der Waals surface area contributed by atoms with Crippen LogP contribution in [0, 0.1) is 5.92 Å². The standard InChI is InChI=1S/C9H20ClNO3S/c1-8(6-10)7-15(13,14)11-9(2,3)4-5-12/h8,11-12H,4-7H2,1-3H3. The van der Waals surface area contributed by atoms with Gasteiger partial charge >= 0.3 is 0 Å². The maximum atomic E-state index is 11.6. The number of rotatable bonds is 7. The fourth-order valence-electron chi connectivity index (χ4n) is 1.21. The van der Waals surface area contributed by atoms with E-state index in [1.807, 2.05) is 0 Å². The van der Waals surface area contributed by atoms with Crippen molar-refractivity contribution in [3.05, 3.63) is 0 Å². The Morgan fingerprint density at radius 1 is 1.47 bits per heavy atom. The maximum absolute atomic E-state index is 11.6. The van der Waals surface area contributed by atoms with E-state index >= 15 is 0 Å². The van der Waals surface area contributed by atoms with Crippen molar-refractivity contribution in [3.8, 4) is 0 Å². The van der Waals surface area contributed by atoms with E-state index < -0.39 is 15.6 Å². The summed E-state index contributed by atoms with van der Waals surface area (Å²) in [6.07, 6.45) is 0.390. The van der Waals surface area contributed by atoms with E-state index in [1.54, 1.807) is 20.8 Å². The van der Waals surface area contributed by atoms with Gasteiger partial charge in [0, 0.05) is 18.0 Å². The number of hydrogen-bond donors (Lipinski definition) is 2. The van der Waals surface area contributed by atoms with Crippen LogP contribution in [0.5, 0.6) is 0 Å². The second kappa shape index (κ2) is 6.03. The van der Waals surface area contributed by atoms with Crippen molar-refractivity contribution in [2.45, 2.75) is 32.7 Å². The van der Waals surface area contributed by atoms with Gasteiger partial charge in [0.25, 0.3) is 0 Å². The van der Waals surface area contributed by atoms with Crippen LogP contribution in [0.1, 0.15) is 27.2 Å². The van der Waals surface area contributed by atoms with Crippen LogP contribution in [-0.4, -0.2) is 37.3 Å². The zero-order chi connectivity index (χ0) is 12.1. The Labute approximate surface area is 97.1 Å². The lowest BCUT2D eigenvalue weighted by Gasteiger charge is -2.25. The van der Waals surface area contributed by atoms with Crippen molar-refractivity contribution in [2.75, 3.05) is 18.2 Å². The summed E-state index contributed by atoms with van der Waals surface area (Å²) >= 11 is 5.56. The molecule has 0 fully saturated rings. The first-order valence-electron chi connectivity index (χ1n) is 4.91. The lowest BCUT2D eigenvalue weighted by Crippen LogP contribution is -2.45. The average molecular weight is 258 g/mol. The van der Waals surface area contributed by atoms with Crippen molar-refractivity contribution in [3.63, 3.8) is 0 Å². The van der Waals surface area contributed by atoms with Gasteiger partial charge in [-0.3, -0.25) is 0 Å². The zero-order valence-electron chi connectivity index (χ0n) is 9.46. The van der Waals surface area contributed by atoms with E-state index in [4.69, 9.17) is 16.7 Å². The minimum Gasteiger partial charge on any atom is -0.396 e. The molecule has 0 spiro atoms. The quantitative estimate of drug-likeness (QED) is 0.667. The van der Waals surface area contributed by atoms with Crippen LogP contribution in [0.4, 0.5) is 0 Å². The Hall–Kier alpha value is 0.160. The van der Waals surface area contributed by atoms with Gasteiger partial charge in [-0.15, -0.1) is 11.6 Å². The predicted molar refractivity (Wildman–Crippen MR) is 62.6 cm³/mol. The van der Waals surface area contributed by atoms with Crippen molar-refractivity contribution in [2.24, 2.45) is 5.92 Å². The van der Waals surface area contributed by atoms with Gasteiger partial charge in [-0.2, -0.15) is 0 Å². The Balaban J connectivity index is 4.37. The molecule has 0 saturated heterocycles. The van der Waals surface area contributed by atoms with E-state index in [0.29, 0.717) is 12.3 Å². The number of sulfonamides is 1. The van der Waals surface area contributed by atoms with Gasteiger partial charge in [-0.05, 0) is 26.2 Å². The molecule has 0 aliphatic rings. The van der Waals surface area contributed by atoms with Crippen LogP contribution in [0.25, 0.3) is 0 Å². The van der Waals surface area contributed by atoms with Crippen LogP contribution in [0.3, 0.4) is 0 Å². The number of aliphatic hydroxyl groups excluding tert-OH is 1. The van der Waals surface area contributed by atoms with Gasteiger partial charge < -0.3 is 5.11 Å². The minimum atomic E-state index is -3.32. The van der Waals surface area contributed by atoms with Gasteiger partial charge in [-0.25, -0.2) is 13.1 Å². The normalized spacial score (nSPS) is 15.3. The molecule has 0 aliphatic carbocycles. The van der Waals surface area contributed by atoms with Crippen molar-refractivity contribution >= 4 is 21.6 Å². The third-order valence-electron chi connectivity index (χ3n) is 1.94. The lowest BCUT2D eigenvalue weighted by molar-refractivity contribution is 0.245. The maximum Gasteiger partial charge on any atom is 0.212 e. The van der Waals surface area contributed by atoms with E-state index in [9.17, 15) is 8.42 Å². The molecule has 0 saturated carbocycles. The minimum absolute atomic E-state index is 0.0192. The Morgan fingerprint density at radius 3 is 2.40 bits per heavy atom. The van der Waals surface area contributed by atoms with Gasteiger partial charge in [0.05, 0.1) is 5.75 Å².